The van der Waals surface area contributed by atoms with E-state index in [0.717, 1.165) is 24.3 Å². The molecule has 1 heterocycles. The molecule has 1 aromatic carbocycles. The fourth-order valence-corrected chi connectivity index (χ4v) is 2.47. The number of methoxy groups -OCH3 is 1. The van der Waals surface area contributed by atoms with Gasteiger partial charge in [-0.2, -0.15) is 0 Å². The first-order chi connectivity index (χ1) is 9.10. The SMILES string of the molecule is COc1cccc([C@H](C)CC(=O)N2CC[C@@H](N)C2)c1. The molecule has 1 aromatic rings. The largest absolute Gasteiger partial charge is 0.497 e. The molecular weight excluding hydrogens is 240 g/mol. The molecule has 2 atom stereocenters. The van der Waals surface area contributed by atoms with Crippen LogP contribution >= 0.6 is 0 Å². The van der Waals surface area contributed by atoms with Gasteiger partial charge in [0.25, 0.3) is 0 Å². The van der Waals surface area contributed by atoms with E-state index in [1.807, 2.05) is 29.2 Å². The van der Waals surface area contributed by atoms with Crippen molar-refractivity contribution in [3.63, 3.8) is 0 Å². The zero-order valence-electron chi connectivity index (χ0n) is 11.6. The molecule has 0 aromatic heterocycles. The van der Waals surface area contributed by atoms with Crippen LogP contribution in [-0.4, -0.2) is 37.0 Å². The number of nitrogens with zero attached hydrogens (tertiary/aromatic N) is 1. The minimum atomic E-state index is 0.149. The summed E-state index contributed by atoms with van der Waals surface area (Å²) in [6.45, 7) is 3.57. The molecule has 1 aliphatic rings. The zero-order valence-corrected chi connectivity index (χ0v) is 11.6. The summed E-state index contributed by atoms with van der Waals surface area (Å²) in [6.07, 6.45) is 1.44. The fraction of sp³-hybridized carbons (Fsp3) is 0.533. The highest BCUT2D eigenvalue weighted by Gasteiger charge is 2.24. The summed E-state index contributed by atoms with van der Waals surface area (Å²) in [6, 6.07) is 8.05. The number of hydrogen-bond donors (Lipinski definition) is 1. The van der Waals surface area contributed by atoms with Crippen molar-refractivity contribution in [2.45, 2.75) is 31.7 Å². The van der Waals surface area contributed by atoms with E-state index >= 15 is 0 Å². The molecule has 4 heteroatoms. The van der Waals surface area contributed by atoms with Gasteiger partial charge in [-0.3, -0.25) is 4.79 Å². The van der Waals surface area contributed by atoms with Gasteiger partial charge in [0.15, 0.2) is 0 Å². The van der Waals surface area contributed by atoms with Gasteiger partial charge >= 0.3 is 0 Å². The molecule has 1 saturated heterocycles. The van der Waals surface area contributed by atoms with Crippen molar-refractivity contribution in [1.82, 2.24) is 4.90 Å². The number of benzene rings is 1. The van der Waals surface area contributed by atoms with Crippen molar-refractivity contribution in [2.24, 2.45) is 5.73 Å². The Balaban J connectivity index is 1.96. The Bertz CT molecular complexity index is 448. The molecule has 0 bridgehead atoms. The number of amides is 1. The van der Waals surface area contributed by atoms with Gasteiger partial charge in [0.2, 0.25) is 5.91 Å². The molecule has 2 rings (SSSR count). The Morgan fingerprint density at radius 3 is 3.00 bits per heavy atom. The quantitative estimate of drug-likeness (QED) is 0.899. The Kier molecular flexibility index (Phi) is 4.43. The average molecular weight is 262 g/mol. The van der Waals surface area contributed by atoms with Crippen LogP contribution in [0.2, 0.25) is 0 Å². The maximum atomic E-state index is 12.2. The number of nitrogens with two attached hydrogens (primary N) is 1. The summed E-state index contributed by atoms with van der Waals surface area (Å²) in [4.78, 5) is 14.0. The third-order valence-corrected chi connectivity index (χ3v) is 3.72. The highest BCUT2D eigenvalue weighted by molar-refractivity contribution is 5.77. The number of rotatable bonds is 4. The van der Waals surface area contributed by atoms with E-state index < -0.39 is 0 Å². The maximum Gasteiger partial charge on any atom is 0.223 e. The van der Waals surface area contributed by atoms with Crippen molar-refractivity contribution in [3.05, 3.63) is 29.8 Å². The normalized spacial score (nSPS) is 20.4. The van der Waals surface area contributed by atoms with E-state index in [-0.39, 0.29) is 17.9 Å². The summed E-state index contributed by atoms with van der Waals surface area (Å²) >= 11 is 0. The number of likely N-dealkylation sites (tertiary alicyclic amines) is 1. The monoisotopic (exact) mass is 262 g/mol. The molecule has 0 unspecified atom stereocenters. The average Bonchev–Trinajstić information content (AvgIpc) is 2.85. The summed E-state index contributed by atoms with van der Waals surface area (Å²) in [7, 11) is 1.65. The molecule has 4 nitrogen and oxygen atoms in total. The highest BCUT2D eigenvalue weighted by atomic mass is 16.5. The third-order valence-electron chi connectivity index (χ3n) is 3.72. The van der Waals surface area contributed by atoms with E-state index in [4.69, 9.17) is 10.5 Å². The standard InChI is InChI=1S/C15H22N2O2/c1-11(12-4-3-5-14(9-12)19-2)8-15(18)17-7-6-13(16)10-17/h3-5,9,11,13H,6-8,10,16H2,1-2H3/t11-,13-/m1/s1. The van der Waals surface area contributed by atoms with Gasteiger partial charge in [-0.15, -0.1) is 0 Å². The second-order valence-electron chi connectivity index (χ2n) is 5.27. The van der Waals surface area contributed by atoms with Crippen LogP contribution in [0.15, 0.2) is 24.3 Å². The first-order valence-electron chi connectivity index (χ1n) is 6.77. The second kappa shape index (κ2) is 6.06. The second-order valence-corrected chi connectivity index (χ2v) is 5.27. The third kappa shape index (κ3) is 3.47. The summed E-state index contributed by atoms with van der Waals surface area (Å²) in [5, 5.41) is 0. The lowest BCUT2D eigenvalue weighted by molar-refractivity contribution is -0.130. The minimum Gasteiger partial charge on any atom is -0.497 e. The molecule has 1 aliphatic heterocycles. The Morgan fingerprint density at radius 1 is 1.58 bits per heavy atom. The minimum absolute atomic E-state index is 0.149. The van der Waals surface area contributed by atoms with Gasteiger partial charge in [0.1, 0.15) is 5.75 Å². The summed E-state index contributed by atoms with van der Waals surface area (Å²) < 4.78 is 5.21. The first-order valence-corrected chi connectivity index (χ1v) is 6.77. The predicted molar refractivity (Wildman–Crippen MR) is 75.2 cm³/mol. The van der Waals surface area contributed by atoms with Crippen molar-refractivity contribution in [1.29, 1.82) is 0 Å². The lowest BCUT2D eigenvalue weighted by Crippen LogP contribution is -2.32. The van der Waals surface area contributed by atoms with Crippen LogP contribution in [0, 0.1) is 0 Å². The number of ether oxygens (including phenoxy) is 1. The van der Waals surface area contributed by atoms with Gasteiger partial charge < -0.3 is 15.4 Å². The molecule has 1 fully saturated rings. The number of carbonyl (C=O) groups excluding carboxylic acids is 1. The van der Waals surface area contributed by atoms with Crippen LogP contribution in [0.4, 0.5) is 0 Å². The van der Waals surface area contributed by atoms with Crippen LogP contribution in [0.25, 0.3) is 0 Å². The maximum absolute atomic E-state index is 12.2. The predicted octanol–water partition coefficient (Wildman–Crippen LogP) is 1.75. The van der Waals surface area contributed by atoms with Crippen molar-refractivity contribution in [2.75, 3.05) is 20.2 Å². The topological polar surface area (TPSA) is 55.6 Å². The lowest BCUT2D eigenvalue weighted by atomic mass is 9.97. The molecule has 2 N–H and O–H groups in total. The van der Waals surface area contributed by atoms with E-state index in [1.54, 1.807) is 7.11 Å². The van der Waals surface area contributed by atoms with Gasteiger partial charge in [0, 0.05) is 25.6 Å². The van der Waals surface area contributed by atoms with Crippen LogP contribution in [0.1, 0.15) is 31.2 Å². The van der Waals surface area contributed by atoms with Crippen LogP contribution < -0.4 is 10.5 Å². The lowest BCUT2D eigenvalue weighted by Gasteiger charge is -2.19. The Morgan fingerprint density at radius 2 is 2.37 bits per heavy atom. The van der Waals surface area contributed by atoms with Gasteiger partial charge in [-0.25, -0.2) is 0 Å². The number of carbonyl (C=O) groups is 1. The molecule has 0 saturated carbocycles. The van der Waals surface area contributed by atoms with Gasteiger partial charge in [0.05, 0.1) is 7.11 Å². The van der Waals surface area contributed by atoms with Crippen LogP contribution in [0.3, 0.4) is 0 Å². The highest BCUT2D eigenvalue weighted by Crippen LogP contribution is 2.24. The first kappa shape index (κ1) is 13.9. The Labute approximate surface area is 114 Å². The molecule has 1 amide bonds. The van der Waals surface area contributed by atoms with Crippen molar-refractivity contribution in [3.8, 4) is 5.75 Å². The van der Waals surface area contributed by atoms with Crippen LogP contribution in [0.5, 0.6) is 5.75 Å². The molecule has 0 radical (unpaired) electrons. The van der Waals surface area contributed by atoms with Crippen molar-refractivity contribution < 1.29 is 9.53 Å². The molecule has 104 valence electrons. The van der Waals surface area contributed by atoms with E-state index in [9.17, 15) is 4.79 Å². The molecule has 0 aliphatic carbocycles. The van der Waals surface area contributed by atoms with E-state index in [2.05, 4.69) is 6.92 Å². The van der Waals surface area contributed by atoms with Crippen molar-refractivity contribution >= 4 is 5.91 Å². The fourth-order valence-electron chi connectivity index (χ4n) is 2.47. The zero-order chi connectivity index (χ0) is 13.8. The van der Waals surface area contributed by atoms with E-state index in [0.29, 0.717) is 13.0 Å². The van der Waals surface area contributed by atoms with Gasteiger partial charge in [-0.05, 0) is 30.0 Å². The van der Waals surface area contributed by atoms with Gasteiger partial charge in [-0.1, -0.05) is 19.1 Å². The molecule has 0 spiro atoms. The van der Waals surface area contributed by atoms with Crippen LogP contribution in [-0.2, 0) is 4.79 Å². The number of hydrogen-bond acceptors (Lipinski definition) is 3. The molecule has 19 heavy (non-hydrogen) atoms. The smallest absolute Gasteiger partial charge is 0.223 e. The Hall–Kier alpha value is -1.55. The summed E-state index contributed by atoms with van der Waals surface area (Å²) in [5.41, 5.74) is 6.97. The summed E-state index contributed by atoms with van der Waals surface area (Å²) in [5.74, 6) is 1.22. The molecular formula is C15H22N2O2. The van der Waals surface area contributed by atoms with E-state index in [1.165, 1.54) is 0 Å².